The van der Waals surface area contributed by atoms with Gasteiger partial charge >= 0.3 is 0 Å². The van der Waals surface area contributed by atoms with E-state index in [0.29, 0.717) is 5.56 Å². The van der Waals surface area contributed by atoms with E-state index in [4.69, 9.17) is 4.74 Å². The van der Waals surface area contributed by atoms with Crippen molar-refractivity contribution in [2.75, 3.05) is 4.90 Å². The number of hydrogen-bond acceptors (Lipinski definition) is 7. The first-order chi connectivity index (χ1) is 16.9. The number of fused-ring (bicyclic) bond motifs is 3. The number of rotatable bonds is 3. The lowest BCUT2D eigenvalue weighted by Crippen LogP contribution is -2.99. The zero-order chi connectivity index (χ0) is 24.5. The van der Waals surface area contributed by atoms with Crippen molar-refractivity contribution >= 4 is 34.8 Å². The minimum absolute atomic E-state index is 0.00778. The van der Waals surface area contributed by atoms with Gasteiger partial charge in [0.15, 0.2) is 5.69 Å². The van der Waals surface area contributed by atoms with E-state index >= 15 is 0 Å². The lowest BCUT2D eigenvalue weighted by atomic mass is 9.77. The van der Waals surface area contributed by atoms with Gasteiger partial charge in [0.25, 0.3) is 0 Å². The highest BCUT2D eigenvalue weighted by Gasteiger charge is 2.74. The molecule has 2 amide bonds. The molecule has 0 radical (unpaired) electrons. The number of nitrogens with one attached hydrogen (secondary N) is 1. The molecule has 2 N–H and O–H groups in total. The first kappa shape index (κ1) is 21.5. The number of benzene rings is 3. The minimum Gasteiger partial charge on any atom is -0.595 e. The van der Waals surface area contributed by atoms with E-state index in [1.807, 2.05) is 0 Å². The van der Waals surface area contributed by atoms with Crippen molar-refractivity contribution < 1.29 is 34.3 Å². The second kappa shape index (κ2) is 7.49. The molecule has 3 aliphatic rings. The summed E-state index contributed by atoms with van der Waals surface area (Å²) in [5.41, 5.74) is -1.09. The summed E-state index contributed by atoms with van der Waals surface area (Å²) >= 11 is 0. The van der Waals surface area contributed by atoms with Crippen LogP contribution >= 0.6 is 0 Å². The third kappa shape index (κ3) is 2.77. The zero-order valence-corrected chi connectivity index (χ0v) is 18.1. The first-order valence-corrected chi connectivity index (χ1v) is 11.0. The smallest absolute Gasteiger partial charge is 0.241 e. The SMILES string of the molecule is O=C1[C@@H]2[C@@H](C(=O)N1c1ccc([NH+]([O-])O)cc1)C1(O[C@H]2c2ccccc2)C(=O)c2ccccc2C1=O. The molecule has 0 saturated carbocycles. The summed E-state index contributed by atoms with van der Waals surface area (Å²) in [6, 6.07) is 20.3. The molecule has 2 aliphatic heterocycles. The molecule has 1 spiro atoms. The van der Waals surface area contributed by atoms with Crippen LogP contribution in [0.1, 0.15) is 32.4 Å². The molecule has 3 aromatic rings. The van der Waals surface area contributed by atoms with Crippen molar-refractivity contribution in [1.82, 2.24) is 0 Å². The van der Waals surface area contributed by atoms with Crippen LogP contribution in [0, 0.1) is 17.0 Å². The molecular formula is C26H18N2O7. The Morgan fingerprint density at radius 1 is 0.800 bits per heavy atom. The molecule has 9 nitrogen and oxygen atoms in total. The molecule has 9 heteroatoms. The largest absolute Gasteiger partial charge is 0.595 e. The summed E-state index contributed by atoms with van der Waals surface area (Å²) < 4.78 is 6.20. The van der Waals surface area contributed by atoms with E-state index in [1.54, 1.807) is 42.5 Å². The summed E-state index contributed by atoms with van der Waals surface area (Å²) in [6.45, 7) is 0. The molecule has 4 atom stereocenters. The minimum atomic E-state index is -2.14. The van der Waals surface area contributed by atoms with Crippen LogP contribution in [0.15, 0.2) is 78.9 Å². The van der Waals surface area contributed by atoms with Crippen LogP contribution in [0.2, 0.25) is 0 Å². The molecule has 2 saturated heterocycles. The van der Waals surface area contributed by atoms with Crippen LogP contribution < -0.4 is 10.1 Å². The Balaban J connectivity index is 1.51. The van der Waals surface area contributed by atoms with Crippen LogP contribution in [0.3, 0.4) is 0 Å². The number of carbonyl (C=O) groups excluding carboxylic acids is 4. The van der Waals surface area contributed by atoms with Crippen molar-refractivity contribution in [2.45, 2.75) is 11.7 Å². The van der Waals surface area contributed by atoms with E-state index in [-0.39, 0.29) is 22.5 Å². The highest BCUT2D eigenvalue weighted by Crippen LogP contribution is 2.57. The number of ether oxygens (including phenoxy) is 1. The molecule has 1 unspecified atom stereocenters. The number of carbonyl (C=O) groups is 4. The Bertz CT molecular complexity index is 1370. The van der Waals surface area contributed by atoms with Crippen molar-refractivity contribution in [1.29, 1.82) is 0 Å². The number of ketones is 2. The second-order valence-electron chi connectivity index (χ2n) is 8.76. The Morgan fingerprint density at radius 3 is 1.94 bits per heavy atom. The molecule has 174 valence electrons. The van der Waals surface area contributed by atoms with Crippen molar-refractivity contribution in [2.24, 2.45) is 11.8 Å². The maximum atomic E-state index is 13.8. The summed E-state index contributed by atoms with van der Waals surface area (Å²) in [5.74, 6) is -5.05. The summed E-state index contributed by atoms with van der Waals surface area (Å²) in [6.07, 6.45) is -0.997. The Labute approximate surface area is 198 Å². The average Bonchev–Trinajstić information content (AvgIpc) is 3.44. The van der Waals surface area contributed by atoms with E-state index in [2.05, 4.69) is 0 Å². The molecule has 1 aliphatic carbocycles. The molecule has 0 aromatic heterocycles. The topological polar surface area (TPSA) is 128 Å². The van der Waals surface area contributed by atoms with E-state index in [0.717, 1.165) is 4.90 Å². The highest BCUT2D eigenvalue weighted by molar-refractivity contribution is 6.37. The number of quaternary nitrogens is 1. The quantitative estimate of drug-likeness (QED) is 0.339. The fourth-order valence-electron chi connectivity index (χ4n) is 5.47. The van der Waals surface area contributed by atoms with Gasteiger partial charge in [-0.25, -0.2) is 10.1 Å². The lowest BCUT2D eigenvalue weighted by Gasteiger charge is -2.27. The number of amides is 2. The van der Waals surface area contributed by atoms with E-state index in [9.17, 15) is 29.6 Å². The standard InChI is InChI=1S/C26H18N2O7/c29-22-17-8-4-5-9-18(17)23(30)26(22)20-19(21(35-26)14-6-2-1-3-7-14)24(31)27(25(20)32)15-10-12-16(13-11-15)28(33)34/h1-13,19-21,28,33H/t19-,20+,21+/m1/s1. The van der Waals surface area contributed by atoms with Crippen molar-refractivity contribution in [3.8, 4) is 0 Å². The number of imide groups is 1. The number of Topliss-reactive ketones (excluding diaryl/α,β-unsaturated/α-hetero) is 2. The van der Waals surface area contributed by atoms with Crippen molar-refractivity contribution in [3.63, 3.8) is 0 Å². The van der Waals surface area contributed by atoms with Gasteiger partial charge < -0.3 is 9.94 Å². The van der Waals surface area contributed by atoms with Gasteiger partial charge in [0.2, 0.25) is 29.0 Å². The third-order valence-corrected chi connectivity index (χ3v) is 7.02. The number of nitrogens with zero attached hydrogens (tertiary/aromatic N) is 1. The van der Waals surface area contributed by atoms with Gasteiger partial charge in [-0.1, -0.05) is 54.6 Å². The molecule has 35 heavy (non-hydrogen) atoms. The monoisotopic (exact) mass is 470 g/mol. The Morgan fingerprint density at radius 2 is 1.37 bits per heavy atom. The molecular weight excluding hydrogens is 452 g/mol. The summed E-state index contributed by atoms with van der Waals surface area (Å²) in [4.78, 5) is 55.8. The van der Waals surface area contributed by atoms with Crippen LogP contribution in [0.25, 0.3) is 0 Å². The van der Waals surface area contributed by atoms with E-state index < -0.39 is 52.1 Å². The molecule has 0 bridgehead atoms. The third-order valence-electron chi connectivity index (χ3n) is 7.02. The normalized spacial score (nSPS) is 25.3. The predicted octanol–water partition coefficient (Wildman–Crippen LogP) is 1.79. The fraction of sp³-hybridized carbons (Fsp3) is 0.154. The maximum Gasteiger partial charge on any atom is 0.241 e. The van der Waals surface area contributed by atoms with Crippen LogP contribution in [-0.2, 0) is 14.3 Å². The maximum absolute atomic E-state index is 13.8. The van der Waals surface area contributed by atoms with Gasteiger partial charge in [0.05, 0.1) is 23.6 Å². The van der Waals surface area contributed by atoms with Gasteiger partial charge in [-0.2, -0.15) is 5.23 Å². The van der Waals surface area contributed by atoms with Crippen LogP contribution in [0.5, 0.6) is 0 Å². The van der Waals surface area contributed by atoms with Crippen LogP contribution in [0.4, 0.5) is 11.4 Å². The average molecular weight is 470 g/mol. The summed E-state index contributed by atoms with van der Waals surface area (Å²) in [5, 5.41) is 19.3. The Hall–Kier alpha value is -4.02. The van der Waals surface area contributed by atoms with Gasteiger partial charge in [0.1, 0.15) is 0 Å². The molecule has 6 rings (SSSR count). The lowest BCUT2D eigenvalue weighted by molar-refractivity contribution is -0.991. The number of hydrogen-bond donors (Lipinski definition) is 2. The summed E-state index contributed by atoms with van der Waals surface area (Å²) in [7, 11) is 0. The predicted molar refractivity (Wildman–Crippen MR) is 120 cm³/mol. The van der Waals surface area contributed by atoms with Gasteiger partial charge in [-0.05, 0) is 17.7 Å². The highest BCUT2D eigenvalue weighted by atomic mass is 16.8. The van der Waals surface area contributed by atoms with Crippen LogP contribution in [-0.4, -0.2) is 34.2 Å². The molecule has 2 fully saturated rings. The fourth-order valence-corrected chi connectivity index (χ4v) is 5.47. The Kier molecular flexibility index (Phi) is 4.60. The second-order valence-corrected chi connectivity index (χ2v) is 8.76. The molecule has 2 heterocycles. The van der Waals surface area contributed by atoms with Crippen molar-refractivity contribution in [3.05, 3.63) is 101 Å². The van der Waals surface area contributed by atoms with Gasteiger partial charge in [-0.15, -0.1) is 0 Å². The van der Waals surface area contributed by atoms with Gasteiger partial charge in [-0.3, -0.25) is 19.2 Å². The first-order valence-electron chi connectivity index (χ1n) is 11.0. The number of anilines is 1. The zero-order valence-electron chi connectivity index (χ0n) is 18.1. The van der Waals surface area contributed by atoms with Gasteiger partial charge in [0, 0.05) is 23.3 Å². The van der Waals surface area contributed by atoms with E-state index in [1.165, 1.54) is 36.4 Å². The molecule has 3 aromatic carbocycles.